The van der Waals surface area contributed by atoms with Gasteiger partial charge in [0, 0.05) is 12.5 Å². The molecule has 1 heteroatoms. The lowest BCUT2D eigenvalue weighted by Gasteiger charge is -2.19. The van der Waals surface area contributed by atoms with E-state index >= 15 is 0 Å². The zero-order chi connectivity index (χ0) is 9.40. The first kappa shape index (κ1) is 11.5. The Bertz CT molecular complexity index is 152. The molecule has 0 aliphatic rings. The van der Waals surface area contributed by atoms with Crippen molar-refractivity contribution in [2.24, 2.45) is 5.92 Å². The molecule has 1 N–H and O–H groups in total. The fraction of sp³-hybridized carbons (Fsp3) is 0.818. The molecule has 0 fully saturated rings. The summed E-state index contributed by atoms with van der Waals surface area (Å²) in [6.45, 7) is 9.64. The molecule has 70 valence electrons. The molecule has 0 saturated carbocycles. The lowest BCUT2D eigenvalue weighted by Crippen LogP contribution is -2.31. The van der Waals surface area contributed by atoms with Gasteiger partial charge in [0.25, 0.3) is 0 Å². The summed E-state index contributed by atoms with van der Waals surface area (Å²) in [4.78, 5) is 0. The molecule has 0 bridgehead atoms. The minimum atomic E-state index is 0.619. The highest BCUT2D eigenvalue weighted by atomic mass is 14.9. The molecule has 0 aliphatic carbocycles. The second kappa shape index (κ2) is 7.18. The lowest BCUT2D eigenvalue weighted by molar-refractivity contribution is 0.390. The van der Waals surface area contributed by atoms with E-state index in [1.165, 1.54) is 6.42 Å². The summed E-state index contributed by atoms with van der Waals surface area (Å²) in [5, 5.41) is 3.42. The standard InChI is InChI=1S/C11H21N/c1-5-7-8-9-10(3)11(4)12-6-2/h10-12H,6,8-9H2,1-4H3. The van der Waals surface area contributed by atoms with Crippen LogP contribution in [-0.2, 0) is 0 Å². The predicted molar refractivity (Wildman–Crippen MR) is 55.0 cm³/mol. The Morgan fingerprint density at radius 2 is 2.00 bits per heavy atom. The van der Waals surface area contributed by atoms with Crippen LogP contribution in [0.4, 0.5) is 0 Å². The third kappa shape index (κ3) is 5.21. The van der Waals surface area contributed by atoms with Gasteiger partial charge in [0.2, 0.25) is 0 Å². The molecule has 2 atom stereocenters. The van der Waals surface area contributed by atoms with E-state index in [1.807, 2.05) is 6.92 Å². The topological polar surface area (TPSA) is 12.0 Å². The van der Waals surface area contributed by atoms with Crippen LogP contribution >= 0.6 is 0 Å². The first-order chi connectivity index (χ1) is 5.72. The van der Waals surface area contributed by atoms with Crippen LogP contribution in [0.3, 0.4) is 0 Å². The van der Waals surface area contributed by atoms with E-state index in [0.29, 0.717) is 6.04 Å². The zero-order valence-electron chi connectivity index (χ0n) is 8.78. The van der Waals surface area contributed by atoms with E-state index in [1.54, 1.807) is 0 Å². The molecule has 0 aromatic heterocycles. The maximum atomic E-state index is 3.42. The first-order valence-corrected chi connectivity index (χ1v) is 4.85. The van der Waals surface area contributed by atoms with Gasteiger partial charge >= 0.3 is 0 Å². The molecule has 0 aromatic rings. The van der Waals surface area contributed by atoms with E-state index in [-0.39, 0.29) is 0 Å². The Morgan fingerprint density at radius 3 is 2.50 bits per heavy atom. The van der Waals surface area contributed by atoms with Crippen LogP contribution in [0.2, 0.25) is 0 Å². The quantitative estimate of drug-likeness (QED) is 0.620. The van der Waals surface area contributed by atoms with Crippen LogP contribution in [0.15, 0.2) is 0 Å². The Morgan fingerprint density at radius 1 is 1.33 bits per heavy atom. The maximum Gasteiger partial charge on any atom is 0.00916 e. The van der Waals surface area contributed by atoms with E-state index < -0.39 is 0 Å². The van der Waals surface area contributed by atoms with Crippen LogP contribution in [0.5, 0.6) is 0 Å². The van der Waals surface area contributed by atoms with Gasteiger partial charge in [-0.05, 0) is 32.7 Å². The first-order valence-electron chi connectivity index (χ1n) is 4.85. The monoisotopic (exact) mass is 167 g/mol. The minimum absolute atomic E-state index is 0.619. The smallest absolute Gasteiger partial charge is 0.00916 e. The number of hydrogen-bond acceptors (Lipinski definition) is 1. The summed E-state index contributed by atoms with van der Waals surface area (Å²) in [7, 11) is 0. The van der Waals surface area contributed by atoms with Crippen molar-refractivity contribution in [1.29, 1.82) is 0 Å². The van der Waals surface area contributed by atoms with Gasteiger partial charge in [-0.3, -0.25) is 0 Å². The molecule has 0 radical (unpaired) electrons. The summed E-state index contributed by atoms with van der Waals surface area (Å²) >= 11 is 0. The number of rotatable bonds is 5. The normalized spacial score (nSPS) is 14.7. The summed E-state index contributed by atoms with van der Waals surface area (Å²) in [5.41, 5.74) is 0. The number of hydrogen-bond donors (Lipinski definition) is 1. The minimum Gasteiger partial charge on any atom is -0.314 e. The summed E-state index contributed by atoms with van der Waals surface area (Å²) in [5.74, 6) is 6.75. The molecular formula is C11H21N. The van der Waals surface area contributed by atoms with Crippen molar-refractivity contribution < 1.29 is 0 Å². The Balaban J connectivity index is 3.53. The molecule has 0 aliphatic heterocycles. The average Bonchev–Trinajstić information content (AvgIpc) is 2.05. The fourth-order valence-electron chi connectivity index (χ4n) is 1.20. The molecule has 12 heavy (non-hydrogen) atoms. The molecule has 1 nitrogen and oxygen atoms in total. The summed E-state index contributed by atoms with van der Waals surface area (Å²) in [6, 6.07) is 0.619. The van der Waals surface area contributed by atoms with E-state index in [0.717, 1.165) is 18.9 Å². The van der Waals surface area contributed by atoms with E-state index in [9.17, 15) is 0 Å². The van der Waals surface area contributed by atoms with Crippen molar-refractivity contribution in [3.05, 3.63) is 0 Å². The second-order valence-corrected chi connectivity index (χ2v) is 3.29. The van der Waals surface area contributed by atoms with Gasteiger partial charge in [0.15, 0.2) is 0 Å². The third-order valence-electron chi connectivity index (χ3n) is 2.28. The zero-order valence-corrected chi connectivity index (χ0v) is 8.78. The molecule has 0 amide bonds. The molecule has 2 unspecified atom stereocenters. The van der Waals surface area contributed by atoms with Crippen LogP contribution in [0, 0.1) is 17.8 Å². The van der Waals surface area contributed by atoms with Gasteiger partial charge in [-0.15, -0.1) is 11.8 Å². The Labute approximate surface area is 76.9 Å². The second-order valence-electron chi connectivity index (χ2n) is 3.29. The summed E-state index contributed by atoms with van der Waals surface area (Å²) < 4.78 is 0. The maximum absolute atomic E-state index is 3.42. The molecule has 0 rings (SSSR count). The molecule has 0 heterocycles. The highest BCUT2D eigenvalue weighted by Crippen LogP contribution is 2.09. The molecule has 0 saturated heterocycles. The van der Waals surface area contributed by atoms with Crippen molar-refractivity contribution >= 4 is 0 Å². The SMILES string of the molecule is CC#CCCC(C)C(C)NCC. The van der Waals surface area contributed by atoms with Crippen molar-refractivity contribution in [2.45, 2.75) is 46.6 Å². The Hall–Kier alpha value is -0.480. The van der Waals surface area contributed by atoms with Crippen LogP contribution in [-0.4, -0.2) is 12.6 Å². The average molecular weight is 167 g/mol. The van der Waals surface area contributed by atoms with Gasteiger partial charge in [0.1, 0.15) is 0 Å². The van der Waals surface area contributed by atoms with Crippen LogP contribution in [0.25, 0.3) is 0 Å². The van der Waals surface area contributed by atoms with E-state index in [2.05, 4.69) is 37.9 Å². The van der Waals surface area contributed by atoms with Gasteiger partial charge in [0.05, 0.1) is 0 Å². The molecular weight excluding hydrogens is 146 g/mol. The van der Waals surface area contributed by atoms with Crippen molar-refractivity contribution in [3.8, 4) is 11.8 Å². The highest BCUT2D eigenvalue weighted by Gasteiger charge is 2.08. The highest BCUT2D eigenvalue weighted by molar-refractivity contribution is 4.95. The van der Waals surface area contributed by atoms with Crippen molar-refractivity contribution in [1.82, 2.24) is 5.32 Å². The largest absolute Gasteiger partial charge is 0.314 e. The molecule has 0 aromatic carbocycles. The van der Waals surface area contributed by atoms with Crippen LogP contribution < -0.4 is 5.32 Å². The predicted octanol–water partition coefficient (Wildman–Crippen LogP) is 2.42. The number of nitrogens with one attached hydrogen (secondary N) is 1. The lowest BCUT2D eigenvalue weighted by atomic mass is 9.98. The van der Waals surface area contributed by atoms with Crippen molar-refractivity contribution in [3.63, 3.8) is 0 Å². The Kier molecular flexibility index (Phi) is 6.90. The van der Waals surface area contributed by atoms with E-state index in [4.69, 9.17) is 0 Å². The van der Waals surface area contributed by atoms with Gasteiger partial charge < -0.3 is 5.32 Å². The molecule has 0 spiro atoms. The van der Waals surface area contributed by atoms with Crippen molar-refractivity contribution in [2.75, 3.05) is 6.54 Å². The fourth-order valence-corrected chi connectivity index (χ4v) is 1.20. The van der Waals surface area contributed by atoms with Gasteiger partial charge in [-0.25, -0.2) is 0 Å². The van der Waals surface area contributed by atoms with Crippen LogP contribution in [0.1, 0.15) is 40.5 Å². The van der Waals surface area contributed by atoms with Gasteiger partial charge in [-0.2, -0.15) is 0 Å². The van der Waals surface area contributed by atoms with Gasteiger partial charge in [-0.1, -0.05) is 13.8 Å². The summed E-state index contributed by atoms with van der Waals surface area (Å²) in [6.07, 6.45) is 2.24. The third-order valence-corrected chi connectivity index (χ3v) is 2.28.